The molecule has 0 atom stereocenters. The van der Waals surface area contributed by atoms with Crippen molar-refractivity contribution in [3.8, 4) is 0 Å². The first-order valence-corrected chi connectivity index (χ1v) is 4.57. The van der Waals surface area contributed by atoms with Crippen LogP contribution >= 0.6 is 0 Å². The van der Waals surface area contributed by atoms with E-state index in [9.17, 15) is 0 Å². The highest BCUT2D eigenvalue weighted by Crippen LogP contribution is 1.86. The summed E-state index contributed by atoms with van der Waals surface area (Å²) in [5, 5.41) is 0. The molecule has 0 amide bonds. The number of hydrogen-bond donors (Lipinski definition) is 0. The van der Waals surface area contributed by atoms with Gasteiger partial charge in [0.25, 0.3) is 0 Å². The van der Waals surface area contributed by atoms with E-state index in [1.165, 1.54) is 0 Å². The minimum atomic E-state index is 0.776. The van der Waals surface area contributed by atoms with E-state index in [1.54, 1.807) is 0 Å². The van der Waals surface area contributed by atoms with Gasteiger partial charge in [0.15, 0.2) is 0 Å². The van der Waals surface area contributed by atoms with Crippen molar-refractivity contribution in [1.82, 2.24) is 4.90 Å². The van der Waals surface area contributed by atoms with E-state index in [2.05, 4.69) is 34.9 Å². The SMILES string of the molecule is CCN=C=NCCCN(C)CC. The van der Waals surface area contributed by atoms with Gasteiger partial charge < -0.3 is 4.90 Å². The van der Waals surface area contributed by atoms with Gasteiger partial charge in [-0.3, -0.25) is 0 Å². The van der Waals surface area contributed by atoms with Gasteiger partial charge in [0.2, 0.25) is 0 Å². The van der Waals surface area contributed by atoms with Crippen LogP contribution < -0.4 is 0 Å². The van der Waals surface area contributed by atoms with E-state index in [0.717, 1.165) is 32.6 Å². The third-order valence-electron chi connectivity index (χ3n) is 1.65. The summed E-state index contributed by atoms with van der Waals surface area (Å²) in [6.07, 6.45) is 1.09. The average Bonchev–Trinajstić information content (AvgIpc) is 2.10. The topological polar surface area (TPSA) is 28.0 Å². The molecule has 0 N–H and O–H groups in total. The first-order chi connectivity index (χ1) is 5.81. The predicted octanol–water partition coefficient (Wildman–Crippen LogP) is 1.52. The molecule has 70 valence electrons. The Morgan fingerprint density at radius 2 is 2.00 bits per heavy atom. The lowest BCUT2D eigenvalue weighted by molar-refractivity contribution is 0.350. The molecule has 0 aliphatic heterocycles. The second-order valence-electron chi connectivity index (χ2n) is 2.71. The van der Waals surface area contributed by atoms with Crippen LogP contribution in [0.3, 0.4) is 0 Å². The molecular weight excluding hydrogens is 150 g/mol. The number of aliphatic imine (C=N–C) groups is 2. The third-order valence-corrected chi connectivity index (χ3v) is 1.65. The van der Waals surface area contributed by atoms with Crippen molar-refractivity contribution in [3.05, 3.63) is 0 Å². The van der Waals surface area contributed by atoms with Crippen molar-refractivity contribution in [3.63, 3.8) is 0 Å². The molecule has 0 rings (SSSR count). The summed E-state index contributed by atoms with van der Waals surface area (Å²) < 4.78 is 0. The summed E-state index contributed by atoms with van der Waals surface area (Å²) in [4.78, 5) is 10.2. The molecule has 0 unspecified atom stereocenters. The average molecular weight is 169 g/mol. The van der Waals surface area contributed by atoms with E-state index in [-0.39, 0.29) is 0 Å². The Bertz CT molecular complexity index is 148. The monoisotopic (exact) mass is 169 g/mol. The van der Waals surface area contributed by atoms with E-state index < -0.39 is 0 Å². The molecule has 0 aromatic rings. The zero-order valence-electron chi connectivity index (χ0n) is 8.38. The lowest BCUT2D eigenvalue weighted by atomic mass is 10.4. The van der Waals surface area contributed by atoms with Gasteiger partial charge in [-0.1, -0.05) is 6.92 Å². The summed E-state index contributed by atoms with van der Waals surface area (Å²) in [5.74, 6) is 0. The molecule has 0 spiro atoms. The fourth-order valence-electron chi connectivity index (χ4n) is 0.749. The molecule has 0 aromatic heterocycles. The Labute approximate surface area is 75.2 Å². The van der Waals surface area contributed by atoms with Gasteiger partial charge in [0, 0.05) is 6.54 Å². The number of hydrogen-bond acceptors (Lipinski definition) is 3. The first kappa shape index (κ1) is 11.3. The minimum absolute atomic E-state index is 0.776. The molecule has 0 saturated carbocycles. The van der Waals surface area contributed by atoms with Gasteiger partial charge in [0.1, 0.15) is 0 Å². The molecular formula is C9H19N3. The van der Waals surface area contributed by atoms with E-state index in [4.69, 9.17) is 0 Å². The highest BCUT2D eigenvalue weighted by atomic mass is 15.1. The molecule has 0 aliphatic carbocycles. The zero-order chi connectivity index (χ0) is 9.23. The van der Waals surface area contributed by atoms with Crippen LogP contribution in [-0.4, -0.2) is 44.1 Å². The zero-order valence-corrected chi connectivity index (χ0v) is 8.38. The Kier molecular flexibility index (Phi) is 7.97. The maximum atomic E-state index is 4.02. The van der Waals surface area contributed by atoms with Gasteiger partial charge in [-0.2, -0.15) is 0 Å². The molecule has 3 nitrogen and oxygen atoms in total. The van der Waals surface area contributed by atoms with Crippen LogP contribution in [0.15, 0.2) is 9.98 Å². The Morgan fingerprint density at radius 3 is 2.58 bits per heavy atom. The molecule has 0 radical (unpaired) electrons. The van der Waals surface area contributed by atoms with Gasteiger partial charge in [-0.15, -0.1) is 0 Å². The first-order valence-electron chi connectivity index (χ1n) is 4.57. The van der Waals surface area contributed by atoms with E-state index in [0.29, 0.717) is 0 Å². The number of rotatable bonds is 6. The highest BCUT2D eigenvalue weighted by Gasteiger charge is 1.91. The van der Waals surface area contributed by atoms with Crippen LogP contribution in [0.4, 0.5) is 0 Å². The molecule has 0 saturated heterocycles. The van der Waals surface area contributed by atoms with Crippen molar-refractivity contribution < 1.29 is 0 Å². The quantitative estimate of drug-likeness (QED) is 0.437. The maximum absolute atomic E-state index is 4.02. The molecule has 0 fully saturated rings. The van der Waals surface area contributed by atoms with Crippen molar-refractivity contribution >= 4 is 6.01 Å². The molecule has 0 aromatic carbocycles. The Morgan fingerprint density at radius 1 is 1.25 bits per heavy atom. The lowest BCUT2D eigenvalue weighted by Gasteiger charge is -2.11. The van der Waals surface area contributed by atoms with Crippen LogP contribution in [0.1, 0.15) is 20.3 Å². The van der Waals surface area contributed by atoms with Gasteiger partial charge in [0.05, 0.1) is 12.6 Å². The molecule has 3 heteroatoms. The van der Waals surface area contributed by atoms with E-state index in [1.807, 2.05) is 6.92 Å². The summed E-state index contributed by atoms with van der Waals surface area (Å²) in [7, 11) is 2.11. The van der Waals surface area contributed by atoms with Crippen molar-refractivity contribution in [1.29, 1.82) is 0 Å². The summed E-state index contributed by atoms with van der Waals surface area (Å²) in [6.45, 7) is 7.96. The molecule has 12 heavy (non-hydrogen) atoms. The van der Waals surface area contributed by atoms with Crippen LogP contribution in [0.2, 0.25) is 0 Å². The lowest BCUT2D eigenvalue weighted by Crippen LogP contribution is -2.19. The summed E-state index contributed by atoms with van der Waals surface area (Å²) >= 11 is 0. The third kappa shape index (κ3) is 7.45. The van der Waals surface area contributed by atoms with E-state index >= 15 is 0 Å². The highest BCUT2D eigenvalue weighted by molar-refractivity contribution is 5.40. The fourth-order valence-corrected chi connectivity index (χ4v) is 0.749. The predicted molar refractivity (Wildman–Crippen MR) is 53.1 cm³/mol. The second kappa shape index (κ2) is 8.44. The molecule has 0 aliphatic rings. The maximum Gasteiger partial charge on any atom is 0.0892 e. The fraction of sp³-hybridized carbons (Fsp3) is 0.889. The Hall–Kier alpha value is -0.660. The standard InChI is InChI=1S/C9H19N3/c1-4-10-9-11-7-6-8-12(3)5-2/h4-8H2,1-3H3. The summed E-state index contributed by atoms with van der Waals surface area (Å²) in [6, 6.07) is 2.66. The normalized spacial score (nSPS) is 9.67. The van der Waals surface area contributed by atoms with Crippen molar-refractivity contribution in [2.24, 2.45) is 9.98 Å². The smallest absolute Gasteiger partial charge is 0.0892 e. The van der Waals surface area contributed by atoms with Crippen LogP contribution in [0.25, 0.3) is 0 Å². The number of nitrogens with zero attached hydrogens (tertiary/aromatic N) is 3. The van der Waals surface area contributed by atoms with Gasteiger partial charge >= 0.3 is 0 Å². The van der Waals surface area contributed by atoms with Crippen LogP contribution in [0.5, 0.6) is 0 Å². The van der Waals surface area contributed by atoms with Crippen LogP contribution in [-0.2, 0) is 0 Å². The molecule has 0 bridgehead atoms. The minimum Gasteiger partial charge on any atom is -0.307 e. The molecule has 0 heterocycles. The van der Waals surface area contributed by atoms with Crippen LogP contribution in [0, 0.1) is 0 Å². The second-order valence-corrected chi connectivity index (χ2v) is 2.71. The van der Waals surface area contributed by atoms with Crippen molar-refractivity contribution in [2.75, 3.05) is 33.2 Å². The van der Waals surface area contributed by atoms with Crippen molar-refractivity contribution in [2.45, 2.75) is 20.3 Å². The Balaban J connectivity index is 3.26. The van der Waals surface area contributed by atoms with Gasteiger partial charge in [-0.05, 0) is 33.5 Å². The van der Waals surface area contributed by atoms with Gasteiger partial charge in [-0.25, -0.2) is 9.98 Å². The summed E-state index contributed by atoms with van der Waals surface area (Å²) in [5.41, 5.74) is 0. The largest absolute Gasteiger partial charge is 0.307 e.